The van der Waals surface area contributed by atoms with Gasteiger partial charge in [0.15, 0.2) is 0 Å². The van der Waals surface area contributed by atoms with Crippen LogP contribution >= 0.6 is 0 Å². The highest BCUT2D eigenvalue weighted by Gasteiger charge is 2.34. The highest BCUT2D eigenvalue weighted by Crippen LogP contribution is 2.37. The van der Waals surface area contributed by atoms with E-state index in [4.69, 9.17) is 0 Å². The predicted molar refractivity (Wildman–Crippen MR) is 57.1 cm³/mol. The fourth-order valence-corrected chi connectivity index (χ4v) is 3.03. The molecule has 1 atom stereocenters. The van der Waals surface area contributed by atoms with E-state index in [9.17, 15) is 4.39 Å². The van der Waals surface area contributed by atoms with Crippen molar-refractivity contribution in [2.75, 3.05) is 13.1 Å². The van der Waals surface area contributed by atoms with Gasteiger partial charge in [-0.3, -0.25) is 0 Å². The third kappa shape index (κ3) is 2.69. The lowest BCUT2D eigenvalue weighted by atomic mass is 9.85. The summed E-state index contributed by atoms with van der Waals surface area (Å²) in [7, 11) is 0. The summed E-state index contributed by atoms with van der Waals surface area (Å²) in [5, 5.41) is 3.29. The monoisotopic (exact) mass is 199 g/mol. The Morgan fingerprint density at radius 2 is 1.86 bits per heavy atom. The fourth-order valence-electron chi connectivity index (χ4n) is 3.03. The van der Waals surface area contributed by atoms with Gasteiger partial charge in [0, 0.05) is 0 Å². The maximum atomic E-state index is 14.4. The molecule has 1 nitrogen and oxygen atoms in total. The minimum absolute atomic E-state index is 0.693. The molecule has 1 N–H and O–H groups in total. The van der Waals surface area contributed by atoms with E-state index >= 15 is 0 Å². The molecule has 2 rings (SSSR count). The van der Waals surface area contributed by atoms with Crippen LogP contribution in [0.15, 0.2) is 0 Å². The summed E-state index contributed by atoms with van der Waals surface area (Å²) in [6, 6.07) is 0. The molecule has 2 aliphatic rings. The van der Waals surface area contributed by atoms with E-state index in [0.29, 0.717) is 5.92 Å². The molecular formula is C12H22FN. The zero-order valence-electron chi connectivity index (χ0n) is 9.03. The number of halogens is 1. The zero-order chi connectivity index (χ0) is 9.86. The lowest BCUT2D eigenvalue weighted by Crippen LogP contribution is -2.27. The van der Waals surface area contributed by atoms with Crippen molar-refractivity contribution in [1.29, 1.82) is 0 Å². The van der Waals surface area contributed by atoms with Crippen molar-refractivity contribution in [3.05, 3.63) is 0 Å². The Balaban J connectivity index is 1.85. The maximum Gasteiger partial charge on any atom is 0.112 e. The van der Waals surface area contributed by atoms with E-state index in [1.54, 1.807) is 0 Å². The Bertz CT molecular complexity index is 167. The van der Waals surface area contributed by atoms with E-state index in [0.717, 1.165) is 38.8 Å². The molecule has 0 aromatic rings. The summed E-state index contributed by atoms with van der Waals surface area (Å²) in [4.78, 5) is 0. The van der Waals surface area contributed by atoms with Crippen molar-refractivity contribution in [3.8, 4) is 0 Å². The molecule has 1 aliphatic heterocycles. The molecule has 82 valence electrons. The van der Waals surface area contributed by atoms with Gasteiger partial charge in [-0.1, -0.05) is 25.7 Å². The van der Waals surface area contributed by atoms with Gasteiger partial charge in [0.05, 0.1) is 0 Å². The van der Waals surface area contributed by atoms with Gasteiger partial charge in [0.1, 0.15) is 5.67 Å². The molecular weight excluding hydrogens is 177 g/mol. The van der Waals surface area contributed by atoms with Crippen LogP contribution in [0, 0.1) is 5.92 Å². The van der Waals surface area contributed by atoms with Crippen LogP contribution in [0.1, 0.15) is 51.4 Å². The van der Waals surface area contributed by atoms with Crippen LogP contribution in [0.5, 0.6) is 0 Å². The molecule has 1 saturated carbocycles. The van der Waals surface area contributed by atoms with Gasteiger partial charge in [0.2, 0.25) is 0 Å². The Labute approximate surface area is 86.5 Å². The smallest absolute Gasteiger partial charge is 0.112 e. The Morgan fingerprint density at radius 3 is 2.64 bits per heavy atom. The van der Waals surface area contributed by atoms with Crippen molar-refractivity contribution in [3.63, 3.8) is 0 Å². The minimum Gasteiger partial charge on any atom is -0.317 e. The van der Waals surface area contributed by atoms with Crippen LogP contribution in [0.4, 0.5) is 4.39 Å². The summed E-state index contributed by atoms with van der Waals surface area (Å²) in [5.41, 5.74) is -0.835. The Hall–Kier alpha value is -0.110. The first-order valence-electron chi connectivity index (χ1n) is 6.18. The van der Waals surface area contributed by atoms with Gasteiger partial charge >= 0.3 is 0 Å². The molecule has 14 heavy (non-hydrogen) atoms. The van der Waals surface area contributed by atoms with Crippen molar-refractivity contribution in [2.45, 2.75) is 57.0 Å². The molecule has 0 spiro atoms. The second-order valence-electron chi connectivity index (χ2n) is 5.11. The third-order valence-electron chi connectivity index (χ3n) is 3.86. The van der Waals surface area contributed by atoms with Gasteiger partial charge in [-0.2, -0.15) is 0 Å². The first-order chi connectivity index (χ1) is 6.79. The normalized spacial score (nSPS) is 35.8. The zero-order valence-corrected chi connectivity index (χ0v) is 9.03. The largest absolute Gasteiger partial charge is 0.317 e. The van der Waals surface area contributed by atoms with E-state index in [-0.39, 0.29) is 0 Å². The van der Waals surface area contributed by atoms with E-state index in [1.165, 1.54) is 25.7 Å². The molecule has 1 saturated heterocycles. The summed E-state index contributed by atoms with van der Waals surface area (Å²) in [6.07, 6.45) is 8.61. The van der Waals surface area contributed by atoms with Gasteiger partial charge in [-0.15, -0.1) is 0 Å². The molecule has 0 radical (unpaired) electrons. The Morgan fingerprint density at radius 1 is 1.07 bits per heavy atom. The SMILES string of the molecule is FC1(CC2CCCC2)CCCNCC1. The van der Waals surface area contributed by atoms with Crippen molar-refractivity contribution >= 4 is 0 Å². The number of hydrogen-bond acceptors (Lipinski definition) is 1. The molecule has 0 amide bonds. The first-order valence-corrected chi connectivity index (χ1v) is 6.18. The van der Waals surface area contributed by atoms with Gasteiger partial charge in [-0.05, 0) is 44.7 Å². The van der Waals surface area contributed by atoms with Crippen LogP contribution in [0.2, 0.25) is 0 Å². The van der Waals surface area contributed by atoms with Crippen LogP contribution in [0.25, 0.3) is 0 Å². The quantitative estimate of drug-likeness (QED) is 0.720. The van der Waals surface area contributed by atoms with Crippen LogP contribution in [0.3, 0.4) is 0 Å². The fraction of sp³-hybridized carbons (Fsp3) is 1.00. The van der Waals surface area contributed by atoms with Crippen molar-refractivity contribution in [1.82, 2.24) is 5.32 Å². The average Bonchev–Trinajstić information content (AvgIpc) is 2.55. The molecule has 1 aliphatic carbocycles. The van der Waals surface area contributed by atoms with Crippen LogP contribution < -0.4 is 5.32 Å². The lowest BCUT2D eigenvalue weighted by Gasteiger charge is -2.26. The molecule has 2 fully saturated rings. The van der Waals surface area contributed by atoms with Crippen LogP contribution in [-0.4, -0.2) is 18.8 Å². The summed E-state index contributed by atoms with van der Waals surface area (Å²) in [5.74, 6) is 0.693. The number of rotatable bonds is 2. The van der Waals surface area contributed by atoms with Crippen molar-refractivity contribution < 1.29 is 4.39 Å². The summed E-state index contributed by atoms with van der Waals surface area (Å²) < 4.78 is 14.4. The number of nitrogens with one attached hydrogen (secondary N) is 1. The number of hydrogen-bond donors (Lipinski definition) is 1. The summed E-state index contributed by atoms with van der Waals surface area (Å²) in [6.45, 7) is 1.89. The second kappa shape index (κ2) is 4.61. The predicted octanol–water partition coefficient (Wildman–Crippen LogP) is 3.05. The topological polar surface area (TPSA) is 12.0 Å². The van der Waals surface area contributed by atoms with Gasteiger partial charge in [0.25, 0.3) is 0 Å². The summed E-state index contributed by atoms with van der Waals surface area (Å²) >= 11 is 0. The van der Waals surface area contributed by atoms with E-state index in [1.807, 2.05) is 0 Å². The third-order valence-corrected chi connectivity index (χ3v) is 3.86. The van der Waals surface area contributed by atoms with Gasteiger partial charge < -0.3 is 5.32 Å². The highest BCUT2D eigenvalue weighted by atomic mass is 19.1. The van der Waals surface area contributed by atoms with Crippen molar-refractivity contribution in [2.24, 2.45) is 5.92 Å². The van der Waals surface area contributed by atoms with E-state index < -0.39 is 5.67 Å². The second-order valence-corrected chi connectivity index (χ2v) is 5.11. The minimum atomic E-state index is -0.835. The average molecular weight is 199 g/mol. The van der Waals surface area contributed by atoms with E-state index in [2.05, 4.69) is 5.32 Å². The van der Waals surface area contributed by atoms with Crippen LogP contribution in [-0.2, 0) is 0 Å². The molecule has 1 heterocycles. The lowest BCUT2D eigenvalue weighted by molar-refractivity contribution is 0.108. The highest BCUT2D eigenvalue weighted by molar-refractivity contribution is 4.86. The molecule has 0 aromatic carbocycles. The molecule has 1 unspecified atom stereocenters. The standard InChI is InChI=1S/C12H22FN/c13-12(6-3-8-14-9-7-12)10-11-4-1-2-5-11/h11,14H,1-10H2. The maximum absolute atomic E-state index is 14.4. The Kier molecular flexibility index (Phi) is 3.42. The number of alkyl halides is 1. The van der Waals surface area contributed by atoms with Gasteiger partial charge in [-0.25, -0.2) is 4.39 Å². The molecule has 0 aromatic heterocycles. The first kappa shape index (κ1) is 10.4. The molecule has 0 bridgehead atoms. The molecule has 2 heteroatoms.